The van der Waals surface area contributed by atoms with E-state index in [0.717, 1.165) is 32.1 Å². The van der Waals surface area contributed by atoms with Crippen LogP contribution in [0, 0.1) is 5.82 Å². The summed E-state index contributed by atoms with van der Waals surface area (Å²) in [6, 6.07) is 8.56. The molecule has 0 unspecified atom stereocenters. The van der Waals surface area contributed by atoms with Crippen molar-refractivity contribution in [2.75, 3.05) is 43.4 Å². The minimum atomic E-state index is -0.205. The predicted octanol–water partition coefficient (Wildman–Crippen LogP) is 1.98. The Labute approximate surface area is 129 Å². The lowest BCUT2D eigenvalue weighted by molar-refractivity contribution is 0.311. The van der Waals surface area contributed by atoms with E-state index in [0.29, 0.717) is 17.9 Å². The molecule has 1 fully saturated rings. The Kier molecular flexibility index (Phi) is 4.48. The highest BCUT2D eigenvalue weighted by Crippen LogP contribution is 2.14. The van der Waals surface area contributed by atoms with E-state index in [-0.39, 0.29) is 5.82 Å². The van der Waals surface area contributed by atoms with E-state index in [1.165, 1.54) is 6.07 Å². The zero-order chi connectivity index (χ0) is 15.4. The molecule has 0 radical (unpaired) electrons. The van der Waals surface area contributed by atoms with Gasteiger partial charge in [0.05, 0.1) is 0 Å². The molecule has 3 rings (SSSR count). The number of rotatable bonds is 4. The predicted molar refractivity (Wildman–Crippen MR) is 85.5 cm³/mol. The first-order valence-corrected chi connectivity index (χ1v) is 7.46. The number of hydrogen-bond acceptors (Lipinski definition) is 5. The van der Waals surface area contributed by atoms with Crippen LogP contribution >= 0.6 is 0 Å². The summed E-state index contributed by atoms with van der Waals surface area (Å²) >= 11 is 0. The minimum absolute atomic E-state index is 0.205. The molecule has 5 nitrogen and oxygen atoms in total. The van der Waals surface area contributed by atoms with Gasteiger partial charge in [0.1, 0.15) is 11.6 Å². The van der Waals surface area contributed by atoms with E-state index < -0.39 is 0 Å². The summed E-state index contributed by atoms with van der Waals surface area (Å²) in [6.07, 6.45) is 1.74. The van der Waals surface area contributed by atoms with E-state index >= 15 is 0 Å². The zero-order valence-corrected chi connectivity index (χ0v) is 12.7. The highest BCUT2D eigenvalue weighted by atomic mass is 19.1. The molecule has 0 bridgehead atoms. The number of benzene rings is 1. The van der Waals surface area contributed by atoms with Crippen LogP contribution in [0.15, 0.2) is 36.5 Å². The summed E-state index contributed by atoms with van der Waals surface area (Å²) in [5.74, 6) is 1.24. The average molecular weight is 301 g/mol. The van der Waals surface area contributed by atoms with Crippen molar-refractivity contribution in [3.8, 4) is 0 Å². The van der Waals surface area contributed by atoms with Gasteiger partial charge in [-0.05, 0) is 19.2 Å². The molecule has 0 atom stereocenters. The first kappa shape index (κ1) is 14.7. The molecule has 116 valence electrons. The number of aromatic nitrogens is 2. The summed E-state index contributed by atoms with van der Waals surface area (Å²) in [4.78, 5) is 13.3. The molecule has 0 amide bonds. The molecule has 0 saturated carbocycles. The van der Waals surface area contributed by atoms with Crippen molar-refractivity contribution in [3.05, 3.63) is 47.9 Å². The second-order valence-corrected chi connectivity index (χ2v) is 5.48. The molecular weight excluding hydrogens is 281 g/mol. The standard InChI is InChI=1S/C16H20FN5/c1-21-8-10-22(11-9-21)16-18-7-6-15(20-16)19-12-13-4-2-3-5-14(13)17/h2-7H,8-12H2,1H3,(H,18,19,20). The molecule has 1 aliphatic heterocycles. The minimum Gasteiger partial charge on any atom is -0.366 e. The van der Waals surface area contributed by atoms with Crippen molar-refractivity contribution < 1.29 is 4.39 Å². The lowest BCUT2D eigenvalue weighted by atomic mass is 10.2. The number of halogens is 1. The third-order valence-electron chi connectivity index (χ3n) is 3.85. The summed E-state index contributed by atoms with van der Waals surface area (Å²) in [5, 5.41) is 3.16. The fourth-order valence-electron chi connectivity index (χ4n) is 2.43. The van der Waals surface area contributed by atoms with Crippen molar-refractivity contribution in [3.63, 3.8) is 0 Å². The van der Waals surface area contributed by atoms with Gasteiger partial charge in [-0.25, -0.2) is 9.37 Å². The van der Waals surface area contributed by atoms with Crippen LogP contribution in [0.25, 0.3) is 0 Å². The van der Waals surface area contributed by atoms with Crippen LogP contribution < -0.4 is 10.2 Å². The first-order valence-electron chi connectivity index (χ1n) is 7.46. The molecule has 1 aromatic heterocycles. The van der Waals surface area contributed by atoms with Crippen molar-refractivity contribution >= 4 is 11.8 Å². The number of nitrogens with zero attached hydrogens (tertiary/aromatic N) is 4. The summed E-state index contributed by atoms with van der Waals surface area (Å²) in [6.45, 7) is 4.28. The number of piperazine rings is 1. The lowest BCUT2D eigenvalue weighted by Crippen LogP contribution is -2.45. The highest BCUT2D eigenvalue weighted by molar-refractivity contribution is 5.42. The largest absolute Gasteiger partial charge is 0.366 e. The van der Waals surface area contributed by atoms with Crippen LogP contribution in [-0.4, -0.2) is 48.1 Å². The van der Waals surface area contributed by atoms with Crippen LogP contribution in [-0.2, 0) is 6.54 Å². The number of likely N-dealkylation sites (N-methyl/N-ethyl adjacent to an activating group) is 1. The van der Waals surface area contributed by atoms with Crippen LogP contribution in [0.3, 0.4) is 0 Å². The van der Waals surface area contributed by atoms with Gasteiger partial charge < -0.3 is 15.1 Å². The molecular formula is C16H20FN5. The van der Waals surface area contributed by atoms with Gasteiger partial charge in [0.2, 0.25) is 5.95 Å². The Bertz CT molecular complexity index is 625. The molecule has 1 aromatic carbocycles. The highest BCUT2D eigenvalue weighted by Gasteiger charge is 2.16. The van der Waals surface area contributed by atoms with E-state index in [4.69, 9.17) is 0 Å². The zero-order valence-electron chi connectivity index (χ0n) is 12.7. The third kappa shape index (κ3) is 3.51. The molecule has 1 aliphatic rings. The Hall–Kier alpha value is -2.21. The average Bonchev–Trinajstić information content (AvgIpc) is 2.55. The number of hydrogen-bond donors (Lipinski definition) is 1. The van der Waals surface area contributed by atoms with Crippen LogP contribution in [0.5, 0.6) is 0 Å². The van der Waals surface area contributed by atoms with Gasteiger partial charge in [0.15, 0.2) is 0 Å². The maximum absolute atomic E-state index is 13.6. The van der Waals surface area contributed by atoms with Crippen molar-refractivity contribution in [1.82, 2.24) is 14.9 Å². The van der Waals surface area contributed by atoms with E-state index in [9.17, 15) is 4.39 Å². The fraction of sp³-hybridized carbons (Fsp3) is 0.375. The Morgan fingerprint density at radius 2 is 1.91 bits per heavy atom. The maximum atomic E-state index is 13.6. The van der Waals surface area contributed by atoms with Gasteiger partial charge >= 0.3 is 0 Å². The van der Waals surface area contributed by atoms with Gasteiger partial charge in [0, 0.05) is 44.5 Å². The van der Waals surface area contributed by atoms with Crippen LogP contribution in [0.4, 0.5) is 16.2 Å². The third-order valence-corrected chi connectivity index (χ3v) is 3.85. The molecule has 0 spiro atoms. The fourth-order valence-corrected chi connectivity index (χ4v) is 2.43. The molecule has 6 heteroatoms. The van der Waals surface area contributed by atoms with E-state index in [2.05, 4.69) is 32.1 Å². The van der Waals surface area contributed by atoms with Gasteiger partial charge in [-0.3, -0.25) is 0 Å². The summed E-state index contributed by atoms with van der Waals surface area (Å²) < 4.78 is 13.6. The lowest BCUT2D eigenvalue weighted by Gasteiger charge is -2.32. The summed E-state index contributed by atoms with van der Waals surface area (Å²) in [5.41, 5.74) is 0.627. The van der Waals surface area contributed by atoms with Crippen molar-refractivity contribution in [2.24, 2.45) is 0 Å². The van der Waals surface area contributed by atoms with E-state index in [1.807, 2.05) is 6.07 Å². The molecule has 0 aliphatic carbocycles. The van der Waals surface area contributed by atoms with Crippen molar-refractivity contribution in [2.45, 2.75) is 6.54 Å². The SMILES string of the molecule is CN1CCN(c2nccc(NCc3ccccc3F)n2)CC1. The van der Waals surface area contributed by atoms with Crippen LogP contribution in [0.2, 0.25) is 0 Å². The number of anilines is 2. The number of nitrogens with one attached hydrogen (secondary N) is 1. The van der Waals surface area contributed by atoms with E-state index in [1.54, 1.807) is 24.4 Å². The Morgan fingerprint density at radius 3 is 2.68 bits per heavy atom. The topological polar surface area (TPSA) is 44.3 Å². The first-order chi connectivity index (χ1) is 10.7. The van der Waals surface area contributed by atoms with Crippen LogP contribution in [0.1, 0.15) is 5.56 Å². The molecule has 22 heavy (non-hydrogen) atoms. The normalized spacial score (nSPS) is 15.8. The molecule has 1 saturated heterocycles. The molecule has 2 heterocycles. The van der Waals surface area contributed by atoms with Gasteiger partial charge in [-0.1, -0.05) is 18.2 Å². The monoisotopic (exact) mass is 301 g/mol. The van der Waals surface area contributed by atoms with Gasteiger partial charge in [-0.2, -0.15) is 4.98 Å². The quantitative estimate of drug-likeness (QED) is 0.935. The van der Waals surface area contributed by atoms with Gasteiger partial charge in [0.25, 0.3) is 0 Å². The molecule has 2 aromatic rings. The smallest absolute Gasteiger partial charge is 0.227 e. The Balaban J connectivity index is 1.65. The second-order valence-electron chi connectivity index (χ2n) is 5.48. The van der Waals surface area contributed by atoms with Gasteiger partial charge in [-0.15, -0.1) is 0 Å². The van der Waals surface area contributed by atoms with Crippen molar-refractivity contribution in [1.29, 1.82) is 0 Å². The Morgan fingerprint density at radius 1 is 1.14 bits per heavy atom. The second kappa shape index (κ2) is 6.70. The summed E-state index contributed by atoms with van der Waals surface area (Å²) in [7, 11) is 2.12. The maximum Gasteiger partial charge on any atom is 0.227 e. The molecule has 1 N–H and O–H groups in total.